The first-order valence-electron chi connectivity index (χ1n) is 4.09. The van der Waals surface area contributed by atoms with Crippen molar-refractivity contribution in [3.8, 4) is 0 Å². The summed E-state index contributed by atoms with van der Waals surface area (Å²) in [6.07, 6.45) is 5.00. The Bertz CT molecular complexity index is 367. The maximum Gasteiger partial charge on any atom is 0.150 e. The van der Waals surface area contributed by atoms with Crippen molar-refractivity contribution in [1.29, 1.82) is 0 Å². The molecule has 1 aliphatic heterocycles. The molecule has 0 amide bonds. The minimum atomic E-state index is -0.282. The van der Waals surface area contributed by atoms with E-state index in [2.05, 4.69) is 29.0 Å². The van der Waals surface area contributed by atoms with Gasteiger partial charge in [0.05, 0.1) is 0 Å². The molecule has 1 heterocycles. The third kappa shape index (κ3) is 1.73. The summed E-state index contributed by atoms with van der Waals surface area (Å²) in [5.74, 6) is 0. The molecule has 1 aromatic rings. The molecule has 0 saturated carbocycles. The van der Waals surface area contributed by atoms with Crippen LogP contribution in [0.2, 0.25) is 0 Å². The van der Waals surface area contributed by atoms with E-state index >= 15 is 0 Å². The zero-order valence-corrected chi connectivity index (χ0v) is 7.95. The van der Waals surface area contributed by atoms with Crippen LogP contribution in [0.5, 0.6) is 0 Å². The van der Waals surface area contributed by atoms with E-state index < -0.39 is 0 Å². The molecule has 0 unspecified atom stereocenters. The first-order valence-corrected chi connectivity index (χ1v) is 5.57. The van der Waals surface area contributed by atoms with Gasteiger partial charge in [0.15, 0.2) is 0 Å². The Morgan fingerprint density at radius 1 is 1.15 bits per heavy atom. The highest BCUT2D eigenvalue weighted by molar-refractivity contribution is 8.22. The van der Waals surface area contributed by atoms with Gasteiger partial charge < -0.3 is 0 Å². The fourth-order valence-corrected chi connectivity index (χ4v) is 2.83. The van der Waals surface area contributed by atoms with Crippen LogP contribution < -0.4 is 0 Å². The standard InChI is InChI=1S/C11H10OS/c12-9-10-4-3-5-11(8-10)13-6-1-2-7-13/h1-9,13H. The Kier molecular flexibility index (Phi) is 2.32. The van der Waals surface area contributed by atoms with Crippen LogP contribution in [0.15, 0.2) is 52.1 Å². The van der Waals surface area contributed by atoms with Crippen LogP contribution in [0.1, 0.15) is 10.4 Å². The van der Waals surface area contributed by atoms with E-state index in [0.29, 0.717) is 0 Å². The molecule has 0 fully saturated rings. The predicted octanol–water partition coefficient (Wildman–Crippen LogP) is 2.90. The van der Waals surface area contributed by atoms with Gasteiger partial charge in [-0.2, -0.15) is 10.9 Å². The lowest BCUT2D eigenvalue weighted by Gasteiger charge is -2.09. The molecule has 2 rings (SSSR count). The van der Waals surface area contributed by atoms with Gasteiger partial charge in [-0.1, -0.05) is 24.3 Å². The zero-order valence-electron chi connectivity index (χ0n) is 7.05. The molecule has 0 saturated heterocycles. The Morgan fingerprint density at radius 3 is 2.62 bits per heavy atom. The Morgan fingerprint density at radius 2 is 1.92 bits per heavy atom. The van der Waals surface area contributed by atoms with Crippen LogP contribution in [0.25, 0.3) is 0 Å². The average Bonchev–Trinajstić information content (AvgIpc) is 2.71. The van der Waals surface area contributed by atoms with E-state index in [-0.39, 0.29) is 10.9 Å². The van der Waals surface area contributed by atoms with Gasteiger partial charge in [0.2, 0.25) is 0 Å². The molecule has 0 bridgehead atoms. The molecule has 0 atom stereocenters. The minimum absolute atomic E-state index is 0.282. The molecule has 1 aromatic carbocycles. The van der Waals surface area contributed by atoms with Crippen LogP contribution >= 0.6 is 10.9 Å². The Hall–Kier alpha value is -1.28. The van der Waals surface area contributed by atoms with Crippen molar-refractivity contribution in [3.05, 3.63) is 52.8 Å². The van der Waals surface area contributed by atoms with Gasteiger partial charge in [0.25, 0.3) is 0 Å². The van der Waals surface area contributed by atoms with Crippen LogP contribution in [-0.2, 0) is 0 Å². The van der Waals surface area contributed by atoms with Crippen LogP contribution in [0, 0.1) is 0 Å². The van der Waals surface area contributed by atoms with Crippen molar-refractivity contribution in [2.75, 3.05) is 0 Å². The lowest BCUT2D eigenvalue weighted by atomic mass is 10.2. The predicted molar refractivity (Wildman–Crippen MR) is 57.4 cm³/mol. The van der Waals surface area contributed by atoms with Gasteiger partial charge in [-0.15, -0.1) is 0 Å². The number of hydrogen-bond donors (Lipinski definition) is 1. The van der Waals surface area contributed by atoms with Gasteiger partial charge in [-0.3, -0.25) is 4.79 Å². The maximum atomic E-state index is 10.5. The molecule has 1 aliphatic rings. The highest BCUT2D eigenvalue weighted by atomic mass is 32.2. The summed E-state index contributed by atoms with van der Waals surface area (Å²) in [5, 5.41) is 4.36. The number of carbonyl (C=O) groups excluding carboxylic acids is 1. The topological polar surface area (TPSA) is 17.1 Å². The molecular weight excluding hydrogens is 180 g/mol. The van der Waals surface area contributed by atoms with E-state index in [4.69, 9.17) is 0 Å². The number of rotatable bonds is 2. The third-order valence-electron chi connectivity index (χ3n) is 1.91. The quantitative estimate of drug-likeness (QED) is 0.560. The SMILES string of the molecule is O=Cc1cccc([SH]2C=CC=C2)c1. The maximum absolute atomic E-state index is 10.5. The Balaban J connectivity index is 2.34. The van der Waals surface area contributed by atoms with Gasteiger partial charge in [-0.25, -0.2) is 0 Å². The molecule has 13 heavy (non-hydrogen) atoms. The summed E-state index contributed by atoms with van der Waals surface area (Å²) < 4.78 is 0. The summed E-state index contributed by atoms with van der Waals surface area (Å²) in [6.45, 7) is 0. The van der Waals surface area contributed by atoms with Crippen molar-refractivity contribution in [3.63, 3.8) is 0 Å². The van der Waals surface area contributed by atoms with E-state index in [9.17, 15) is 4.79 Å². The molecule has 66 valence electrons. The number of carbonyl (C=O) groups is 1. The van der Waals surface area contributed by atoms with Crippen LogP contribution in [-0.4, -0.2) is 6.29 Å². The van der Waals surface area contributed by atoms with Crippen LogP contribution in [0.4, 0.5) is 0 Å². The summed E-state index contributed by atoms with van der Waals surface area (Å²) in [4.78, 5) is 11.8. The molecule has 2 heteroatoms. The van der Waals surface area contributed by atoms with Crippen molar-refractivity contribution in [2.24, 2.45) is 0 Å². The summed E-state index contributed by atoms with van der Waals surface area (Å²) in [5.41, 5.74) is 0.758. The number of allylic oxidation sites excluding steroid dienone is 2. The summed E-state index contributed by atoms with van der Waals surface area (Å²) >= 11 is 0. The molecular formula is C11H10OS. The normalized spacial score (nSPS) is 16.5. The van der Waals surface area contributed by atoms with Crippen molar-refractivity contribution < 1.29 is 4.79 Å². The second-order valence-electron chi connectivity index (χ2n) is 2.80. The highest BCUT2D eigenvalue weighted by Gasteiger charge is 2.02. The third-order valence-corrected chi connectivity index (χ3v) is 3.77. The van der Waals surface area contributed by atoms with Gasteiger partial charge in [-0.05, 0) is 27.8 Å². The average molecular weight is 190 g/mol. The lowest BCUT2D eigenvalue weighted by molar-refractivity contribution is 0.112. The monoisotopic (exact) mass is 190 g/mol. The fraction of sp³-hybridized carbons (Fsp3) is 0. The molecule has 0 aliphatic carbocycles. The first kappa shape index (κ1) is 8.32. The molecule has 0 spiro atoms. The largest absolute Gasteiger partial charge is 0.298 e. The second-order valence-corrected chi connectivity index (χ2v) is 4.73. The zero-order chi connectivity index (χ0) is 9.10. The lowest BCUT2D eigenvalue weighted by Crippen LogP contribution is -1.80. The smallest absolute Gasteiger partial charge is 0.150 e. The first-order chi connectivity index (χ1) is 6.40. The van der Waals surface area contributed by atoms with Gasteiger partial charge >= 0.3 is 0 Å². The number of benzene rings is 1. The van der Waals surface area contributed by atoms with Crippen molar-refractivity contribution in [1.82, 2.24) is 0 Å². The van der Waals surface area contributed by atoms with E-state index in [0.717, 1.165) is 11.8 Å². The molecule has 0 N–H and O–H groups in total. The fourth-order valence-electron chi connectivity index (χ4n) is 1.27. The van der Waals surface area contributed by atoms with E-state index in [1.54, 1.807) is 0 Å². The van der Waals surface area contributed by atoms with Gasteiger partial charge in [0.1, 0.15) is 6.29 Å². The van der Waals surface area contributed by atoms with Crippen LogP contribution in [0.3, 0.4) is 0 Å². The summed E-state index contributed by atoms with van der Waals surface area (Å²) in [7, 11) is -0.282. The Labute approximate surface area is 80.1 Å². The van der Waals surface area contributed by atoms with Crippen molar-refractivity contribution >= 4 is 17.2 Å². The van der Waals surface area contributed by atoms with E-state index in [1.165, 1.54) is 4.90 Å². The second kappa shape index (κ2) is 3.62. The summed E-state index contributed by atoms with van der Waals surface area (Å²) in [6, 6.07) is 7.79. The van der Waals surface area contributed by atoms with Crippen molar-refractivity contribution in [2.45, 2.75) is 4.90 Å². The number of thiol groups is 1. The molecule has 0 radical (unpaired) electrons. The minimum Gasteiger partial charge on any atom is -0.298 e. The molecule has 1 nitrogen and oxygen atoms in total. The highest BCUT2D eigenvalue weighted by Crippen LogP contribution is 2.41. The van der Waals surface area contributed by atoms with Gasteiger partial charge in [0, 0.05) is 5.56 Å². The number of hydrogen-bond acceptors (Lipinski definition) is 1. The number of aldehydes is 1. The van der Waals surface area contributed by atoms with E-state index in [1.807, 2.05) is 18.2 Å². The molecule has 0 aromatic heterocycles.